The van der Waals surface area contributed by atoms with Gasteiger partial charge in [-0.3, -0.25) is 4.79 Å². The molecule has 2 aromatic rings. The number of rotatable bonds is 5. The Hall–Kier alpha value is -2.33. The first-order valence-corrected chi connectivity index (χ1v) is 9.71. The molecule has 1 N–H and O–H groups in total. The second-order valence-electron chi connectivity index (χ2n) is 7.60. The lowest BCUT2D eigenvalue weighted by Gasteiger charge is -2.38. The first kappa shape index (κ1) is 19.4. The van der Waals surface area contributed by atoms with Gasteiger partial charge in [0.15, 0.2) is 0 Å². The Labute approximate surface area is 161 Å². The lowest BCUT2D eigenvalue weighted by atomic mass is 9.92. The van der Waals surface area contributed by atoms with Crippen molar-refractivity contribution >= 4 is 5.91 Å². The number of benzene rings is 2. The summed E-state index contributed by atoms with van der Waals surface area (Å²) in [6.07, 6.45) is 2.01. The fraction of sp³-hybridized carbons (Fsp3) is 0.435. The normalized spacial score (nSPS) is 16.2. The van der Waals surface area contributed by atoms with Gasteiger partial charge in [-0.2, -0.15) is 0 Å². The summed E-state index contributed by atoms with van der Waals surface area (Å²) < 4.78 is 5.84. The van der Waals surface area contributed by atoms with E-state index in [4.69, 9.17) is 4.74 Å². The predicted molar refractivity (Wildman–Crippen MR) is 107 cm³/mol. The van der Waals surface area contributed by atoms with Crippen LogP contribution in [0.1, 0.15) is 46.8 Å². The standard InChI is InChI=1S/C23H29NO3/c1-4-19-6-8-20(9-7-19)22(25)24-13-11-23(26,12-14-24)16-27-21-10-5-17(2)18(3)15-21/h5-10,15,26H,4,11-14,16H2,1-3H3. The number of aryl methyl sites for hydroxylation is 3. The zero-order valence-electron chi connectivity index (χ0n) is 16.5. The highest BCUT2D eigenvalue weighted by molar-refractivity contribution is 5.94. The van der Waals surface area contributed by atoms with Crippen LogP contribution in [0, 0.1) is 13.8 Å². The van der Waals surface area contributed by atoms with E-state index in [9.17, 15) is 9.90 Å². The molecule has 27 heavy (non-hydrogen) atoms. The number of aliphatic hydroxyl groups is 1. The molecule has 1 saturated heterocycles. The smallest absolute Gasteiger partial charge is 0.253 e. The third kappa shape index (κ3) is 4.69. The number of carbonyl (C=O) groups excluding carboxylic acids is 1. The monoisotopic (exact) mass is 367 g/mol. The van der Waals surface area contributed by atoms with Crippen molar-refractivity contribution in [1.29, 1.82) is 0 Å². The van der Waals surface area contributed by atoms with Gasteiger partial charge in [-0.15, -0.1) is 0 Å². The lowest BCUT2D eigenvalue weighted by molar-refractivity contribution is -0.0475. The van der Waals surface area contributed by atoms with E-state index in [1.807, 2.05) is 54.3 Å². The second kappa shape index (κ2) is 8.13. The fourth-order valence-electron chi connectivity index (χ4n) is 3.36. The van der Waals surface area contributed by atoms with Crippen LogP contribution in [0.2, 0.25) is 0 Å². The Bertz CT molecular complexity index is 790. The molecule has 144 valence electrons. The van der Waals surface area contributed by atoms with Crippen molar-refractivity contribution in [2.24, 2.45) is 0 Å². The van der Waals surface area contributed by atoms with E-state index in [2.05, 4.69) is 13.8 Å². The molecule has 1 amide bonds. The van der Waals surface area contributed by atoms with Crippen LogP contribution in [-0.2, 0) is 6.42 Å². The zero-order valence-corrected chi connectivity index (χ0v) is 16.5. The van der Waals surface area contributed by atoms with Gasteiger partial charge < -0.3 is 14.7 Å². The molecule has 0 spiro atoms. The molecule has 0 atom stereocenters. The molecule has 0 bridgehead atoms. The van der Waals surface area contributed by atoms with E-state index in [0.29, 0.717) is 31.5 Å². The summed E-state index contributed by atoms with van der Waals surface area (Å²) in [5, 5.41) is 10.8. The quantitative estimate of drug-likeness (QED) is 0.872. The molecule has 1 heterocycles. The van der Waals surface area contributed by atoms with Gasteiger partial charge in [0.05, 0.1) is 0 Å². The minimum Gasteiger partial charge on any atom is -0.491 e. The van der Waals surface area contributed by atoms with Crippen molar-refractivity contribution in [2.45, 2.75) is 45.6 Å². The highest BCUT2D eigenvalue weighted by Gasteiger charge is 2.35. The van der Waals surface area contributed by atoms with Gasteiger partial charge in [-0.1, -0.05) is 25.1 Å². The van der Waals surface area contributed by atoms with Crippen molar-refractivity contribution in [3.63, 3.8) is 0 Å². The van der Waals surface area contributed by atoms with Gasteiger partial charge in [0.1, 0.15) is 18.0 Å². The molecule has 2 aromatic carbocycles. The topological polar surface area (TPSA) is 49.8 Å². The Balaban J connectivity index is 1.54. The third-order valence-corrected chi connectivity index (χ3v) is 5.58. The number of hydrogen-bond acceptors (Lipinski definition) is 3. The predicted octanol–water partition coefficient (Wildman–Crippen LogP) is 3.91. The molecule has 4 nitrogen and oxygen atoms in total. The number of nitrogens with zero attached hydrogens (tertiary/aromatic N) is 1. The highest BCUT2D eigenvalue weighted by atomic mass is 16.5. The van der Waals surface area contributed by atoms with Gasteiger partial charge in [0.2, 0.25) is 0 Å². The number of carbonyl (C=O) groups is 1. The molecule has 1 fully saturated rings. The summed E-state index contributed by atoms with van der Waals surface area (Å²) in [5.41, 5.74) is 3.45. The Kier molecular flexibility index (Phi) is 5.85. The van der Waals surface area contributed by atoms with Crippen LogP contribution >= 0.6 is 0 Å². The average molecular weight is 367 g/mol. The molecule has 0 aliphatic carbocycles. The van der Waals surface area contributed by atoms with E-state index >= 15 is 0 Å². The van der Waals surface area contributed by atoms with Crippen molar-refractivity contribution in [3.05, 3.63) is 64.7 Å². The van der Waals surface area contributed by atoms with Crippen LogP contribution in [0.4, 0.5) is 0 Å². The lowest BCUT2D eigenvalue weighted by Crippen LogP contribution is -2.49. The molecule has 0 unspecified atom stereocenters. The van der Waals surface area contributed by atoms with E-state index < -0.39 is 5.60 Å². The summed E-state index contributed by atoms with van der Waals surface area (Å²) in [6.45, 7) is 7.55. The summed E-state index contributed by atoms with van der Waals surface area (Å²) in [6, 6.07) is 13.8. The molecular formula is C23H29NO3. The van der Waals surface area contributed by atoms with Gasteiger partial charge in [0.25, 0.3) is 5.91 Å². The van der Waals surface area contributed by atoms with Crippen LogP contribution in [0.5, 0.6) is 5.75 Å². The maximum Gasteiger partial charge on any atom is 0.253 e. The Morgan fingerprint density at radius 3 is 2.33 bits per heavy atom. The Morgan fingerprint density at radius 2 is 1.74 bits per heavy atom. The van der Waals surface area contributed by atoms with Crippen LogP contribution in [0.3, 0.4) is 0 Å². The number of ether oxygens (including phenoxy) is 1. The molecule has 3 rings (SSSR count). The van der Waals surface area contributed by atoms with Crippen molar-refractivity contribution in [1.82, 2.24) is 4.90 Å². The van der Waals surface area contributed by atoms with Gasteiger partial charge in [-0.05, 0) is 74.1 Å². The van der Waals surface area contributed by atoms with E-state index in [0.717, 1.165) is 12.2 Å². The third-order valence-electron chi connectivity index (χ3n) is 5.58. The van der Waals surface area contributed by atoms with Crippen LogP contribution in [0.25, 0.3) is 0 Å². The molecule has 1 aliphatic heterocycles. The van der Waals surface area contributed by atoms with E-state index in [1.54, 1.807) is 0 Å². The summed E-state index contributed by atoms with van der Waals surface area (Å²) >= 11 is 0. The van der Waals surface area contributed by atoms with Crippen molar-refractivity contribution in [3.8, 4) is 5.75 Å². The van der Waals surface area contributed by atoms with Crippen LogP contribution < -0.4 is 4.74 Å². The van der Waals surface area contributed by atoms with Gasteiger partial charge in [0, 0.05) is 18.7 Å². The summed E-state index contributed by atoms with van der Waals surface area (Å²) in [4.78, 5) is 14.5. The first-order chi connectivity index (χ1) is 12.9. The maximum absolute atomic E-state index is 12.7. The van der Waals surface area contributed by atoms with Crippen LogP contribution in [0.15, 0.2) is 42.5 Å². The summed E-state index contributed by atoms with van der Waals surface area (Å²) in [5.74, 6) is 0.816. The van der Waals surface area contributed by atoms with E-state index in [1.165, 1.54) is 16.7 Å². The van der Waals surface area contributed by atoms with E-state index in [-0.39, 0.29) is 12.5 Å². The minimum atomic E-state index is -0.887. The van der Waals surface area contributed by atoms with Crippen molar-refractivity contribution < 1.29 is 14.6 Å². The van der Waals surface area contributed by atoms with Crippen LogP contribution in [-0.4, -0.2) is 41.2 Å². The van der Waals surface area contributed by atoms with Gasteiger partial charge in [-0.25, -0.2) is 0 Å². The molecule has 1 aliphatic rings. The maximum atomic E-state index is 12.7. The molecule has 0 saturated carbocycles. The fourth-order valence-corrected chi connectivity index (χ4v) is 3.36. The SMILES string of the molecule is CCc1ccc(C(=O)N2CCC(O)(COc3ccc(C)c(C)c3)CC2)cc1. The average Bonchev–Trinajstić information content (AvgIpc) is 2.69. The Morgan fingerprint density at radius 1 is 1.07 bits per heavy atom. The van der Waals surface area contributed by atoms with Gasteiger partial charge >= 0.3 is 0 Å². The number of amides is 1. The molecule has 0 radical (unpaired) electrons. The second-order valence-corrected chi connectivity index (χ2v) is 7.60. The number of piperidine rings is 1. The number of likely N-dealkylation sites (tertiary alicyclic amines) is 1. The highest BCUT2D eigenvalue weighted by Crippen LogP contribution is 2.25. The minimum absolute atomic E-state index is 0.0368. The number of hydrogen-bond donors (Lipinski definition) is 1. The molecular weight excluding hydrogens is 338 g/mol. The zero-order chi connectivity index (χ0) is 19.4. The van der Waals surface area contributed by atoms with Crippen molar-refractivity contribution in [2.75, 3.05) is 19.7 Å². The molecule has 4 heteroatoms. The molecule has 0 aromatic heterocycles. The summed E-state index contributed by atoms with van der Waals surface area (Å²) in [7, 11) is 0. The first-order valence-electron chi connectivity index (χ1n) is 9.71. The largest absolute Gasteiger partial charge is 0.491 e.